The van der Waals surface area contributed by atoms with Crippen molar-refractivity contribution in [3.8, 4) is 22.9 Å². The average molecular weight is 412 g/mol. The van der Waals surface area contributed by atoms with E-state index in [-0.39, 0.29) is 18.3 Å². The number of hydrogen-bond acceptors (Lipinski definition) is 4. The fourth-order valence-electron chi connectivity index (χ4n) is 3.50. The van der Waals surface area contributed by atoms with Gasteiger partial charge in [-0.05, 0) is 61.9 Å². The van der Waals surface area contributed by atoms with E-state index in [9.17, 15) is 9.18 Å². The van der Waals surface area contributed by atoms with Crippen LogP contribution >= 0.6 is 0 Å². The Morgan fingerprint density at radius 2 is 1.57 bits per heavy atom. The Kier molecular flexibility index (Phi) is 6.30. The third kappa shape index (κ3) is 4.10. The van der Waals surface area contributed by atoms with Gasteiger partial charge in [-0.1, -0.05) is 0 Å². The molecule has 1 N–H and O–H groups in total. The summed E-state index contributed by atoms with van der Waals surface area (Å²) in [5.74, 6) is 1.04. The largest absolute Gasteiger partial charge is 0.493 e. The highest BCUT2D eigenvalue weighted by Gasteiger charge is 2.18. The number of nitrogens with one attached hydrogen (secondary N) is 1. The van der Waals surface area contributed by atoms with Crippen molar-refractivity contribution in [2.45, 2.75) is 20.4 Å². The predicted octanol–water partition coefficient (Wildman–Crippen LogP) is 4.19. The van der Waals surface area contributed by atoms with Gasteiger partial charge in [-0.25, -0.2) is 4.39 Å². The fourth-order valence-corrected chi connectivity index (χ4v) is 3.50. The lowest BCUT2D eigenvalue weighted by molar-refractivity contribution is 0.0950. The number of carbonyl (C=O) groups excluding carboxylic acids is 1. The van der Waals surface area contributed by atoms with Crippen molar-refractivity contribution in [1.82, 2.24) is 9.88 Å². The summed E-state index contributed by atoms with van der Waals surface area (Å²) in [6.07, 6.45) is 0. The van der Waals surface area contributed by atoms with Crippen molar-refractivity contribution < 1.29 is 23.4 Å². The predicted molar refractivity (Wildman–Crippen MR) is 112 cm³/mol. The summed E-state index contributed by atoms with van der Waals surface area (Å²) < 4.78 is 31.2. The molecular weight excluding hydrogens is 387 g/mol. The number of ether oxygens (including phenoxy) is 3. The molecule has 0 fully saturated rings. The molecule has 0 unspecified atom stereocenters. The number of aryl methyl sites for hydroxylation is 1. The van der Waals surface area contributed by atoms with E-state index in [1.807, 2.05) is 24.5 Å². The molecule has 3 aromatic rings. The second kappa shape index (κ2) is 8.90. The molecule has 0 saturated carbocycles. The quantitative estimate of drug-likeness (QED) is 0.632. The van der Waals surface area contributed by atoms with E-state index in [1.165, 1.54) is 12.1 Å². The normalized spacial score (nSPS) is 10.6. The maximum Gasteiger partial charge on any atom is 0.253 e. The van der Waals surface area contributed by atoms with Crippen LogP contribution in [0.3, 0.4) is 0 Å². The van der Waals surface area contributed by atoms with Crippen LogP contribution in [0.25, 0.3) is 5.69 Å². The molecule has 0 aliphatic rings. The smallest absolute Gasteiger partial charge is 0.253 e. The SMILES string of the molecule is COc1cc(CNC(=O)c2cc(C)n(-c3ccc(F)cc3)c2C)cc(OC)c1OC. The molecule has 30 heavy (non-hydrogen) atoms. The van der Waals surface area contributed by atoms with Crippen LogP contribution in [0.5, 0.6) is 17.2 Å². The Labute approximate surface area is 175 Å². The summed E-state index contributed by atoms with van der Waals surface area (Å²) in [7, 11) is 4.63. The van der Waals surface area contributed by atoms with Crippen LogP contribution in [0.1, 0.15) is 27.3 Å². The summed E-state index contributed by atoms with van der Waals surface area (Å²) in [5, 5.41) is 2.93. The number of rotatable bonds is 7. The third-order valence-corrected chi connectivity index (χ3v) is 4.94. The van der Waals surface area contributed by atoms with Gasteiger partial charge in [-0.15, -0.1) is 0 Å². The molecule has 0 saturated heterocycles. The second-order valence-corrected chi connectivity index (χ2v) is 6.81. The Morgan fingerprint density at radius 1 is 0.967 bits per heavy atom. The van der Waals surface area contributed by atoms with Gasteiger partial charge in [0.05, 0.1) is 26.9 Å². The number of amides is 1. The van der Waals surface area contributed by atoms with E-state index in [2.05, 4.69) is 5.32 Å². The number of benzene rings is 2. The van der Waals surface area contributed by atoms with Gasteiger partial charge in [0.15, 0.2) is 11.5 Å². The molecule has 0 aliphatic carbocycles. The first-order valence-corrected chi connectivity index (χ1v) is 9.41. The Morgan fingerprint density at radius 3 is 2.10 bits per heavy atom. The van der Waals surface area contributed by atoms with Crippen molar-refractivity contribution in [1.29, 1.82) is 0 Å². The number of hydrogen-bond donors (Lipinski definition) is 1. The lowest BCUT2D eigenvalue weighted by Gasteiger charge is -2.14. The van der Waals surface area contributed by atoms with E-state index in [0.717, 1.165) is 22.6 Å². The van der Waals surface area contributed by atoms with Gasteiger partial charge in [0.2, 0.25) is 5.75 Å². The van der Waals surface area contributed by atoms with Gasteiger partial charge < -0.3 is 24.1 Å². The maximum absolute atomic E-state index is 13.3. The van der Waals surface area contributed by atoms with Crippen molar-refractivity contribution >= 4 is 5.91 Å². The molecule has 1 aromatic heterocycles. The average Bonchev–Trinajstić information content (AvgIpc) is 3.05. The van der Waals surface area contributed by atoms with Crippen LogP contribution in [0.2, 0.25) is 0 Å². The molecule has 0 atom stereocenters. The van der Waals surface area contributed by atoms with Crippen molar-refractivity contribution in [3.63, 3.8) is 0 Å². The van der Waals surface area contributed by atoms with Gasteiger partial charge in [0.1, 0.15) is 5.82 Å². The number of halogens is 1. The van der Waals surface area contributed by atoms with E-state index >= 15 is 0 Å². The van der Waals surface area contributed by atoms with Gasteiger partial charge in [-0.2, -0.15) is 0 Å². The Hall–Kier alpha value is -3.48. The Bertz CT molecular complexity index is 1030. The van der Waals surface area contributed by atoms with Crippen molar-refractivity contribution in [3.05, 3.63) is 70.8 Å². The summed E-state index contributed by atoms with van der Waals surface area (Å²) in [5.41, 5.74) is 3.84. The molecule has 0 spiro atoms. The first-order valence-electron chi connectivity index (χ1n) is 9.41. The van der Waals surface area contributed by atoms with Gasteiger partial charge >= 0.3 is 0 Å². The lowest BCUT2D eigenvalue weighted by Crippen LogP contribution is -2.23. The first-order chi connectivity index (χ1) is 14.4. The minimum atomic E-state index is -0.301. The molecule has 0 aliphatic heterocycles. The van der Waals surface area contributed by atoms with Crippen LogP contribution < -0.4 is 19.5 Å². The minimum Gasteiger partial charge on any atom is -0.493 e. The molecule has 0 radical (unpaired) electrons. The van der Waals surface area contributed by atoms with E-state index in [0.29, 0.717) is 22.8 Å². The molecule has 3 rings (SSSR count). The van der Waals surface area contributed by atoms with Gasteiger partial charge in [-0.3, -0.25) is 4.79 Å². The monoisotopic (exact) mass is 412 g/mol. The highest BCUT2D eigenvalue weighted by atomic mass is 19.1. The van der Waals surface area contributed by atoms with Crippen LogP contribution in [0.4, 0.5) is 4.39 Å². The second-order valence-electron chi connectivity index (χ2n) is 6.81. The molecular formula is C23H25FN2O4. The number of carbonyl (C=O) groups is 1. The zero-order valence-electron chi connectivity index (χ0n) is 17.7. The van der Waals surface area contributed by atoms with Crippen molar-refractivity contribution in [2.75, 3.05) is 21.3 Å². The Balaban J connectivity index is 1.82. The lowest BCUT2D eigenvalue weighted by atomic mass is 10.1. The zero-order chi connectivity index (χ0) is 21.8. The van der Waals surface area contributed by atoms with Crippen molar-refractivity contribution in [2.24, 2.45) is 0 Å². The molecule has 1 amide bonds. The molecule has 1 heterocycles. The fraction of sp³-hybridized carbons (Fsp3) is 0.261. The number of methoxy groups -OCH3 is 3. The standard InChI is InChI=1S/C23H25FN2O4/c1-14-10-19(15(2)26(14)18-8-6-17(24)7-9-18)23(27)25-13-16-11-20(28-3)22(30-5)21(12-16)29-4/h6-12H,13H2,1-5H3,(H,25,27). The van der Waals surface area contributed by atoms with Gasteiger partial charge in [0, 0.05) is 23.6 Å². The highest BCUT2D eigenvalue weighted by Crippen LogP contribution is 2.38. The minimum absolute atomic E-state index is 0.204. The topological polar surface area (TPSA) is 61.7 Å². The highest BCUT2D eigenvalue weighted by molar-refractivity contribution is 5.95. The summed E-state index contributed by atoms with van der Waals surface area (Å²) in [6, 6.07) is 11.6. The number of nitrogens with zero attached hydrogens (tertiary/aromatic N) is 1. The number of aromatic nitrogens is 1. The van der Waals surface area contributed by atoms with Crippen LogP contribution in [0.15, 0.2) is 42.5 Å². The van der Waals surface area contributed by atoms with E-state index < -0.39 is 0 Å². The summed E-state index contributed by atoms with van der Waals surface area (Å²) >= 11 is 0. The molecule has 6 nitrogen and oxygen atoms in total. The molecule has 7 heteroatoms. The van der Waals surface area contributed by atoms with Crippen LogP contribution in [-0.4, -0.2) is 31.8 Å². The van der Waals surface area contributed by atoms with Crippen LogP contribution in [-0.2, 0) is 6.54 Å². The van der Waals surface area contributed by atoms with E-state index in [4.69, 9.17) is 14.2 Å². The first kappa shape index (κ1) is 21.2. The molecule has 0 bridgehead atoms. The van der Waals surface area contributed by atoms with Crippen LogP contribution in [0, 0.1) is 19.7 Å². The molecule has 158 valence electrons. The van der Waals surface area contributed by atoms with E-state index in [1.54, 1.807) is 45.6 Å². The van der Waals surface area contributed by atoms with Gasteiger partial charge in [0.25, 0.3) is 5.91 Å². The summed E-state index contributed by atoms with van der Waals surface area (Å²) in [6.45, 7) is 4.06. The third-order valence-electron chi connectivity index (χ3n) is 4.94. The zero-order valence-corrected chi connectivity index (χ0v) is 17.7. The summed E-state index contributed by atoms with van der Waals surface area (Å²) in [4.78, 5) is 12.9. The maximum atomic E-state index is 13.3. The molecule has 2 aromatic carbocycles.